The van der Waals surface area contributed by atoms with Gasteiger partial charge in [0.15, 0.2) is 5.82 Å². The molecule has 2 rings (SSSR count). The van der Waals surface area contributed by atoms with Crippen LogP contribution in [0.2, 0.25) is 0 Å². The molecule has 0 amide bonds. The van der Waals surface area contributed by atoms with E-state index in [1.54, 1.807) is 24.3 Å². The molecule has 0 atom stereocenters. The fourth-order valence-electron chi connectivity index (χ4n) is 2.61. The van der Waals surface area contributed by atoms with Gasteiger partial charge in [-0.1, -0.05) is 19.8 Å². The monoisotopic (exact) mass is 411 g/mol. The van der Waals surface area contributed by atoms with Gasteiger partial charge < -0.3 is 14.4 Å². The Balaban J connectivity index is 2.29. The van der Waals surface area contributed by atoms with E-state index in [-0.39, 0.29) is 17.4 Å². The van der Waals surface area contributed by atoms with Crippen molar-refractivity contribution in [3.8, 4) is 11.8 Å². The van der Waals surface area contributed by atoms with Crippen LogP contribution < -0.4 is 14.4 Å². The van der Waals surface area contributed by atoms with Crippen LogP contribution in [0.5, 0.6) is 11.8 Å². The van der Waals surface area contributed by atoms with Gasteiger partial charge in [0.05, 0.1) is 6.61 Å². The fourth-order valence-corrected chi connectivity index (χ4v) is 2.61. The van der Waals surface area contributed by atoms with Crippen LogP contribution in [0.1, 0.15) is 52.5 Å². The number of hydrogen-bond acceptors (Lipinski definition) is 5. The fraction of sp³-hybridized carbons (Fsp3) is 0.524. The predicted molar refractivity (Wildman–Crippen MR) is 107 cm³/mol. The second-order valence-corrected chi connectivity index (χ2v) is 7.71. The molecular weight excluding hydrogens is 383 g/mol. The molecule has 0 N–H and O–H groups in total. The second kappa shape index (κ2) is 9.33. The molecule has 0 radical (unpaired) electrons. The summed E-state index contributed by atoms with van der Waals surface area (Å²) in [4.78, 5) is 9.14. The minimum atomic E-state index is -4.58. The first-order chi connectivity index (χ1) is 13.5. The first-order valence-electron chi connectivity index (χ1n) is 9.61. The van der Waals surface area contributed by atoms with E-state index in [4.69, 9.17) is 9.47 Å². The maximum atomic E-state index is 13.5. The molecular formula is C21H28F3N3O2. The average molecular weight is 411 g/mol. The number of unbranched alkanes of at least 4 members (excludes halogenated alkanes) is 2. The highest BCUT2D eigenvalue weighted by molar-refractivity contribution is 5.63. The van der Waals surface area contributed by atoms with Crippen LogP contribution in [0, 0.1) is 0 Å². The van der Waals surface area contributed by atoms with Crippen molar-refractivity contribution in [2.75, 3.05) is 18.6 Å². The molecule has 1 aromatic heterocycles. The van der Waals surface area contributed by atoms with Crippen molar-refractivity contribution in [2.45, 2.75) is 58.7 Å². The van der Waals surface area contributed by atoms with Crippen molar-refractivity contribution in [1.82, 2.24) is 9.97 Å². The van der Waals surface area contributed by atoms with Crippen molar-refractivity contribution < 1.29 is 22.6 Å². The number of alkyl halides is 3. The molecule has 29 heavy (non-hydrogen) atoms. The summed E-state index contributed by atoms with van der Waals surface area (Å²) in [6.45, 7) is 8.18. The largest absolute Gasteiger partial charge is 0.488 e. The van der Waals surface area contributed by atoms with E-state index in [0.29, 0.717) is 18.0 Å². The number of rotatable bonds is 8. The summed E-state index contributed by atoms with van der Waals surface area (Å²) in [5, 5.41) is 0. The minimum Gasteiger partial charge on any atom is -0.488 e. The Bertz CT molecular complexity index is 787. The van der Waals surface area contributed by atoms with Gasteiger partial charge in [-0.05, 0) is 51.5 Å². The maximum Gasteiger partial charge on any atom is 0.421 e. The van der Waals surface area contributed by atoms with Crippen molar-refractivity contribution in [2.24, 2.45) is 0 Å². The van der Waals surface area contributed by atoms with E-state index in [1.165, 1.54) is 11.9 Å². The molecule has 1 heterocycles. The first kappa shape index (κ1) is 22.8. The number of nitrogens with zero attached hydrogens (tertiary/aromatic N) is 3. The second-order valence-electron chi connectivity index (χ2n) is 7.71. The maximum absolute atomic E-state index is 13.5. The van der Waals surface area contributed by atoms with Gasteiger partial charge in [-0.3, -0.25) is 0 Å². The molecule has 5 nitrogen and oxygen atoms in total. The topological polar surface area (TPSA) is 47.5 Å². The summed E-state index contributed by atoms with van der Waals surface area (Å²) in [5.41, 5.74) is -0.753. The van der Waals surface area contributed by atoms with E-state index < -0.39 is 11.7 Å². The van der Waals surface area contributed by atoms with E-state index in [1.807, 2.05) is 20.8 Å². The Hall–Kier alpha value is -2.51. The Kier molecular flexibility index (Phi) is 7.32. The summed E-state index contributed by atoms with van der Waals surface area (Å²) in [5.74, 6) is 0.371. The zero-order chi connectivity index (χ0) is 21.7. The van der Waals surface area contributed by atoms with E-state index in [2.05, 4.69) is 16.9 Å². The summed E-state index contributed by atoms with van der Waals surface area (Å²) in [6, 6.07) is 6.74. The third-order valence-electron chi connectivity index (χ3n) is 4.00. The number of ether oxygens (including phenoxy) is 2. The normalized spacial score (nSPS) is 12.0. The highest BCUT2D eigenvalue weighted by atomic mass is 19.4. The molecule has 0 bridgehead atoms. The number of anilines is 2. The zero-order valence-corrected chi connectivity index (χ0v) is 17.5. The van der Waals surface area contributed by atoms with Gasteiger partial charge in [-0.2, -0.15) is 18.2 Å². The molecule has 8 heteroatoms. The van der Waals surface area contributed by atoms with Crippen LogP contribution in [-0.4, -0.2) is 29.2 Å². The van der Waals surface area contributed by atoms with Crippen LogP contribution in [-0.2, 0) is 6.18 Å². The molecule has 0 saturated carbocycles. The lowest BCUT2D eigenvalue weighted by molar-refractivity contribution is -0.137. The van der Waals surface area contributed by atoms with Gasteiger partial charge in [0.25, 0.3) is 0 Å². The summed E-state index contributed by atoms with van der Waals surface area (Å²) in [7, 11) is 1.53. The van der Waals surface area contributed by atoms with Crippen LogP contribution in [0.15, 0.2) is 30.5 Å². The Morgan fingerprint density at radius 3 is 2.24 bits per heavy atom. The van der Waals surface area contributed by atoms with Crippen molar-refractivity contribution >= 4 is 11.5 Å². The summed E-state index contributed by atoms with van der Waals surface area (Å²) in [6.07, 6.45) is -1.04. The SMILES string of the molecule is CCCCCOc1ncc(C(F)(F)F)c(N(C)c2ccc(OC(C)(C)C)cc2)n1. The smallest absolute Gasteiger partial charge is 0.421 e. The molecule has 160 valence electrons. The zero-order valence-electron chi connectivity index (χ0n) is 17.5. The first-order valence-corrected chi connectivity index (χ1v) is 9.61. The lowest BCUT2D eigenvalue weighted by atomic mass is 10.2. The average Bonchev–Trinajstić information content (AvgIpc) is 2.63. The van der Waals surface area contributed by atoms with Gasteiger partial charge in [-0.25, -0.2) is 4.98 Å². The van der Waals surface area contributed by atoms with E-state index in [0.717, 1.165) is 25.5 Å². The molecule has 0 aliphatic rings. The van der Waals surface area contributed by atoms with Crippen LogP contribution in [0.3, 0.4) is 0 Å². The minimum absolute atomic E-state index is 0.0661. The molecule has 1 aromatic carbocycles. The molecule has 0 unspecified atom stereocenters. The van der Waals surface area contributed by atoms with E-state index >= 15 is 0 Å². The third-order valence-corrected chi connectivity index (χ3v) is 4.00. The van der Waals surface area contributed by atoms with Crippen LogP contribution >= 0.6 is 0 Å². The number of benzene rings is 1. The molecule has 0 aliphatic carbocycles. The van der Waals surface area contributed by atoms with Gasteiger partial charge in [0.2, 0.25) is 0 Å². The standard InChI is InChI=1S/C21H28F3N3O2/c1-6-7-8-13-28-19-25-14-17(21(22,23)24)18(26-19)27(5)15-9-11-16(12-10-15)29-20(2,3)4/h9-12,14H,6-8,13H2,1-5H3. The van der Waals surface area contributed by atoms with Crippen molar-refractivity contribution in [1.29, 1.82) is 0 Å². The highest BCUT2D eigenvalue weighted by Gasteiger charge is 2.36. The number of halogens is 3. The molecule has 0 spiro atoms. The quantitative estimate of drug-likeness (QED) is 0.498. The summed E-state index contributed by atoms with van der Waals surface area (Å²) >= 11 is 0. The Labute approximate surface area is 169 Å². The molecule has 0 aliphatic heterocycles. The van der Waals surface area contributed by atoms with Gasteiger partial charge in [-0.15, -0.1) is 0 Å². The van der Waals surface area contributed by atoms with E-state index in [9.17, 15) is 13.2 Å². The predicted octanol–water partition coefficient (Wildman–Crippen LogP) is 6.01. The number of aromatic nitrogens is 2. The third kappa shape index (κ3) is 6.80. The van der Waals surface area contributed by atoms with Gasteiger partial charge >= 0.3 is 12.2 Å². The van der Waals surface area contributed by atoms with Crippen LogP contribution in [0.4, 0.5) is 24.7 Å². The number of hydrogen-bond donors (Lipinski definition) is 0. The van der Waals surface area contributed by atoms with Gasteiger partial charge in [0.1, 0.15) is 16.9 Å². The highest BCUT2D eigenvalue weighted by Crippen LogP contribution is 2.38. The molecule has 2 aromatic rings. The molecule has 0 fully saturated rings. The van der Waals surface area contributed by atoms with Crippen LogP contribution in [0.25, 0.3) is 0 Å². The summed E-state index contributed by atoms with van der Waals surface area (Å²) < 4.78 is 51.7. The Morgan fingerprint density at radius 1 is 1.03 bits per heavy atom. The van der Waals surface area contributed by atoms with Crippen molar-refractivity contribution in [3.63, 3.8) is 0 Å². The van der Waals surface area contributed by atoms with Crippen molar-refractivity contribution in [3.05, 3.63) is 36.0 Å². The lowest BCUT2D eigenvalue weighted by Crippen LogP contribution is -2.23. The Morgan fingerprint density at radius 2 is 1.69 bits per heavy atom. The van der Waals surface area contributed by atoms with Gasteiger partial charge in [0, 0.05) is 18.9 Å². The molecule has 0 saturated heterocycles. The lowest BCUT2D eigenvalue weighted by Gasteiger charge is -2.24.